The van der Waals surface area contributed by atoms with Gasteiger partial charge in [0.25, 0.3) is 0 Å². The second kappa shape index (κ2) is 5.64. The zero-order valence-electron chi connectivity index (χ0n) is 8.20. The molecule has 0 amide bonds. The average molecular weight is 257 g/mol. The van der Waals surface area contributed by atoms with Crippen LogP contribution in [0.1, 0.15) is 19.3 Å². The Bertz CT molecular complexity index is 333. The summed E-state index contributed by atoms with van der Waals surface area (Å²) in [5.74, 6) is -0.541. The van der Waals surface area contributed by atoms with Crippen LogP contribution in [-0.2, 0) is 10.2 Å². The highest BCUT2D eigenvalue weighted by atomic mass is 35.5. The smallest absolute Gasteiger partial charge is 0.302 e. The molecule has 88 valence electrons. The molecule has 0 aliphatic carbocycles. The molecule has 15 heavy (non-hydrogen) atoms. The van der Waals surface area contributed by atoms with E-state index in [-0.39, 0.29) is 18.8 Å². The SMILES string of the molecule is Cl.N#CC1(CCS(=O)(=O)F)CCNCC1. The Morgan fingerprint density at radius 3 is 2.33 bits per heavy atom. The minimum atomic E-state index is -4.44. The predicted octanol–water partition coefficient (Wildman–Crippen LogP) is 0.991. The van der Waals surface area contributed by atoms with Crippen molar-refractivity contribution in [3.63, 3.8) is 0 Å². The molecule has 0 aromatic heterocycles. The van der Waals surface area contributed by atoms with Crippen LogP contribution in [0.2, 0.25) is 0 Å². The van der Waals surface area contributed by atoms with E-state index < -0.39 is 21.4 Å². The van der Waals surface area contributed by atoms with E-state index >= 15 is 0 Å². The highest BCUT2D eigenvalue weighted by Gasteiger charge is 2.33. The number of halogens is 2. The van der Waals surface area contributed by atoms with Crippen molar-refractivity contribution >= 4 is 22.6 Å². The topological polar surface area (TPSA) is 70.0 Å². The number of nitrogens with one attached hydrogen (secondary N) is 1. The summed E-state index contributed by atoms with van der Waals surface area (Å²) >= 11 is 0. The third-order valence-electron chi connectivity index (χ3n) is 2.62. The zero-order valence-corrected chi connectivity index (χ0v) is 9.83. The fraction of sp³-hybridized carbons (Fsp3) is 0.875. The van der Waals surface area contributed by atoms with E-state index in [9.17, 15) is 12.3 Å². The number of rotatable bonds is 3. The first-order chi connectivity index (χ1) is 6.47. The van der Waals surface area contributed by atoms with E-state index in [1.54, 1.807) is 0 Å². The van der Waals surface area contributed by atoms with Crippen LogP contribution in [0.3, 0.4) is 0 Å². The highest BCUT2D eigenvalue weighted by Crippen LogP contribution is 2.32. The summed E-state index contributed by atoms with van der Waals surface area (Å²) in [5, 5.41) is 12.0. The van der Waals surface area contributed by atoms with Crippen LogP contribution >= 0.6 is 12.4 Å². The van der Waals surface area contributed by atoms with E-state index in [4.69, 9.17) is 5.26 Å². The van der Waals surface area contributed by atoms with Crippen molar-refractivity contribution in [2.24, 2.45) is 5.41 Å². The summed E-state index contributed by atoms with van der Waals surface area (Å²) in [7, 11) is -4.44. The van der Waals surface area contributed by atoms with Crippen molar-refractivity contribution in [2.75, 3.05) is 18.8 Å². The average Bonchev–Trinajstić information content (AvgIpc) is 2.15. The Morgan fingerprint density at radius 1 is 1.40 bits per heavy atom. The predicted molar refractivity (Wildman–Crippen MR) is 56.9 cm³/mol. The van der Waals surface area contributed by atoms with Crippen LogP contribution in [0.25, 0.3) is 0 Å². The lowest BCUT2D eigenvalue weighted by Crippen LogP contribution is -2.36. The Hall–Kier alpha value is -0.380. The Labute approximate surface area is 95.5 Å². The van der Waals surface area contributed by atoms with E-state index in [2.05, 4.69) is 11.4 Å². The lowest BCUT2D eigenvalue weighted by atomic mass is 9.78. The molecule has 0 spiro atoms. The van der Waals surface area contributed by atoms with Crippen molar-refractivity contribution in [1.29, 1.82) is 5.26 Å². The molecule has 0 atom stereocenters. The molecule has 1 aliphatic heterocycles. The van der Waals surface area contributed by atoms with Gasteiger partial charge in [0.15, 0.2) is 0 Å². The summed E-state index contributed by atoms with van der Waals surface area (Å²) in [6.45, 7) is 1.39. The number of piperidine rings is 1. The van der Waals surface area contributed by atoms with E-state index in [1.807, 2.05) is 0 Å². The van der Waals surface area contributed by atoms with Gasteiger partial charge >= 0.3 is 10.2 Å². The normalized spacial score (nSPS) is 20.0. The zero-order chi connectivity index (χ0) is 10.7. The molecule has 0 radical (unpaired) electrons. The molecule has 4 nitrogen and oxygen atoms in total. The molecule has 1 aliphatic rings. The summed E-state index contributed by atoms with van der Waals surface area (Å²) in [5.41, 5.74) is -0.648. The number of nitriles is 1. The van der Waals surface area contributed by atoms with Crippen molar-refractivity contribution in [2.45, 2.75) is 19.3 Å². The first kappa shape index (κ1) is 14.6. The second-order valence-electron chi connectivity index (χ2n) is 3.64. The lowest BCUT2D eigenvalue weighted by molar-refractivity contribution is 0.273. The van der Waals surface area contributed by atoms with Crippen molar-refractivity contribution < 1.29 is 12.3 Å². The third-order valence-corrected chi connectivity index (χ3v) is 3.31. The van der Waals surface area contributed by atoms with Gasteiger partial charge in [-0.05, 0) is 32.4 Å². The Kier molecular flexibility index (Phi) is 5.49. The van der Waals surface area contributed by atoms with Crippen LogP contribution in [0.5, 0.6) is 0 Å². The highest BCUT2D eigenvalue weighted by molar-refractivity contribution is 7.86. The van der Waals surface area contributed by atoms with Crippen LogP contribution in [0, 0.1) is 16.7 Å². The number of hydrogen-bond acceptors (Lipinski definition) is 4. The molecular weight excluding hydrogens is 243 g/mol. The van der Waals surface area contributed by atoms with Gasteiger partial charge in [0.2, 0.25) is 0 Å². The molecule has 0 unspecified atom stereocenters. The molecule has 0 aromatic rings. The Morgan fingerprint density at radius 2 is 1.93 bits per heavy atom. The van der Waals surface area contributed by atoms with Gasteiger partial charge in [-0.25, -0.2) is 0 Å². The maximum Gasteiger partial charge on any atom is 0.302 e. The third kappa shape index (κ3) is 4.78. The molecule has 1 rings (SSSR count). The van der Waals surface area contributed by atoms with Crippen molar-refractivity contribution in [1.82, 2.24) is 5.32 Å². The van der Waals surface area contributed by atoms with Gasteiger partial charge in [-0.3, -0.25) is 0 Å². The van der Waals surface area contributed by atoms with E-state index in [1.165, 1.54) is 0 Å². The molecule has 7 heteroatoms. The molecule has 0 bridgehead atoms. The van der Waals surface area contributed by atoms with Gasteiger partial charge in [-0.1, -0.05) is 0 Å². The van der Waals surface area contributed by atoms with Crippen LogP contribution in [-0.4, -0.2) is 27.3 Å². The molecule has 1 fully saturated rings. The molecule has 1 saturated heterocycles. The number of nitrogens with zero attached hydrogens (tertiary/aromatic N) is 1. The van der Waals surface area contributed by atoms with Crippen LogP contribution in [0.15, 0.2) is 0 Å². The van der Waals surface area contributed by atoms with Gasteiger partial charge < -0.3 is 5.32 Å². The maximum atomic E-state index is 12.3. The van der Waals surface area contributed by atoms with E-state index in [0.29, 0.717) is 25.9 Å². The molecule has 1 N–H and O–H groups in total. The minimum absolute atomic E-state index is 0. The second-order valence-corrected chi connectivity index (χ2v) is 5.12. The lowest BCUT2D eigenvalue weighted by Gasteiger charge is -2.30. The van der Waals surface area contributed by atoms with Crippen LogP contribution in [0.4, 0.5) is 3.89 Å². The van der Waals surface area contributed by atoms with Gasteiger partial charge in [-0.15, -0.1) is 16.3 Å². The van der Waals surface area contributed by atoms with Crippen molar-refractivity contribution in [3.05, 3.63) is 0 Å². The first-order valence-electron chi connectivity index (χ1n) is 4.52. The monoisotopic (exact) mass is 256 g/mol. The van der Waals surface area contributed by atoms with Crippen molar-refractivity contribution in [3.8, 4) is 6.07 Å². The maximum absolute atomic E-state index is 12.3. The summed E-state index contributed by atoms with van der Waals surface area (Å²) in [6.07, 6.45) is 1.29. The summed E-state index contributed by atoms with van der Waals surface area (Å²) in [6, 6.07) is 2.12. The molecule has 1 heterocycles. The number of hydrogen-bond donors (Lipinski definition) is 1. The fourth-order valence-electron chi connectivity index (χ4n) is 1.64. The first-order valence-corrected chi connectivity index (χ1v) is 6.07. The molecule has 0 aromatic carbocycles. The Balaban J connectivity index is 0.00000196. The standard InChI is InChI=1S/C8H13FN2O2S.ClH/c9-14(12,13)6-3-8(7-10)1-4-11-5-2-8;/h11H,1-6H2;1H. The molecule has 0 saturated carbocycles. The fourth-order valence-corrected chi connectivity index (χ4v) is 2.27. The molecular formula is C8H14ClFN2O2S. The van der Waals surface area contributed by atoms with Gasteiger partial charge in [-0.2, -0.15) is 13.7 Å². The summed E-state index contributed by atoms with van der Waals surface area (Å²) in [4.78, 5) is 0. The van der Waals surface area contributed by atoms with E-state index in [0.717, 1.165) is 0 Å². The summed E-state index contributed by atoms with van der Waals surface area (Å²) < 4.78 is 33.0. The van der Waals surface area contributed by atoms with Gasteiger partial charge in [0, 0.05) is 0 Å². The van der Waals surface area contributed by atoms with Gasteiger partial charge in [0.1, 0.15) is 0 Å². The quantitative estimate of drug-likeness (QED) is 0.765. The van der Waals surface area contributed by atoms with Crippen LogP contribution < -0.4 is 5.32 Å². The minimum Gasteiger partial charge on any atom is -0.317 e. The van der Waals surface area contributed by atoms with Gasteiger partial charge in [0.05, 0.1) is 17.2 Å². The largest absolute Gasteiger partial charge is 0.317 e.